The maximum Gasteiger partial charge on any atom is 0.434 e. The number of benzene rings is 4. The maximum absolute atomic E-state index is 14.4. The molecule has 40 heavy (non-hydrogen) atoms. The number of ether oxygens (including phenoxy) is 1. The van der Waals surface area contributed by atoms with Crippen molar-refractivity contribution in [3.8, 4) is 28.0 Å². The summed E-state index contributed by atoms with van der Waals surface area (Å²) in [5.74, 6) is -0.758. The van der Waals surface area contributed by atoms with Crippen LogP contribution < -0.4 is 4.74 Å². The number of rotatable bonds is 5. The Morgan fingerprint density at radius 2 is 1.45 bits per heavy atom. The van der Waals surface area contributed by atoms with E-state index in [1.807, 2.05) is 0 Å². The second-order valence-corrected chi connectivity index (χ2v) is 9.16. The van der Waals surface area contributed by atoms with Crippen LogP contribution in [0.4, 0.5) is 30.7 Å². The van der Waals surface area contributed by atoms with E-state index < -0.39 is 41.6 Å². The average molecular weight is 555 g/mol. The zero-order chi connectivity index (χ0) is 28.7. The standard InChI is InChI=1S/C31H20F7NO/c1-18-7-2-3-10-23(18)28-27(24-11-4-5-12-26(24)39-29(28)31(36,37)38)19-8-6-9-22(16-19)40-17-20-15-21(32)13-14-25(20)30(33,34)35/h2-16H,17H2,1H3. The third kappa shape index (κ3) is 5.36. The van der Waals surface area contributed by atoms with Gasteiger partial charge in [-0.3, -0.25) is 0 Å². The highest BCUT2D eigenvalue weighted by Gasteiger charge is 2.38. The van der Waals surface area contributed by atoms with Crippen molar-refractivity contribution >= 4 is 10.9 Å². The number of fused-ring (bicyclic) bond motifs is 1. The predicted octanol–water partition coefficient (Wildman–Crippen LogP) is 9.63. The van der Waals surface area contributed by atoms with Crippen LogP contribution in [0.5, 0.6) is 5.75 Å². The molecular weight excluding hydrogens is 535 g/mol. The highest BCUT2D eigenvalue weighted by molar-refractivity contribution is 6.04. The molecule has 0 aliphatic carbocycles. The molecule has 0 aliphatic heterocycles. The van der Waals surface area contributed by atoms with Gasteiger partial charge in [-0.05, 0) is 60.0 Å². The Labute approximate surface area is 224 Å². The van der Waals surface area contributed by atoms with Gasteiger partial charge in [-0.2, -0.15) is 26.3 Å². The summed E-state index contributed by atoms with van der Waals surface area (Å²) < 4.78 is 103. The number of para-hydroxylation sites is 1. The molecule has 1 heterocycles. The Hall–Kier alpha value is -4.40. The minimum absolute atomic E-state index is 0.0973. The zero-order valence-electron chi connectivity index (χ0n) is 20.9. The van der Waals surface area contributed by atoms with Crippen molar-refractivity contribution in [3.05, 3.63) is 119 Å². The molecule has 0 unspecified atom stereocenters. The van der Waals surface area contributed by atoms with Gasteiger partial charge >= 0.3 is 12.4 Å². The summed E-state index contributed by atoms with van der Waals surface area (Å²) in [6, 6.07) is 21.2. The number of aromatic nitrogens is 1. The molecule has 5 aromatic rings. The Kier molecular flexibility index (Phi) is 6.99. The minimum Gasteiger partial charge on any atom is -0.489 e. The number of nitrogens with zero attached hydrogens (tertiary/aromatic N) is 1. The van der Waals surface area contributed by atoms with Crippen molar-refractivity contribution in [1.82, 2.24) is 4.98 Å². The molecule has 0 amide bonds. The van der Waals surface area contributed by atoms with Crippen molar-refractivity contribution in [2.24, 2.45) is 0 Å². The third-order valence-electron chi connectivity index (χ3n) is 6.47. The van der Waals surface area contributed by atoms with E-state index in [0.717, 1.165) is 6.07 Å². The monoisotopic (exact) mass is 555 g/mol. The van der Waals surface area contributed by atoms with Crippen molar-refractivity contribution in [2.75, 3.05) is 0 Å². The Bertz CT molecular complexity index is 1710. The zero-order valence-corrected chi connectivity index (χ0v) is 20.9. The van der Waals surface area contributed by atoms with Crippen molar-refractivity contribution in [2.45, 2.75) is 25.9 Å². The molecule has 0 radical (unpaired) electrons. The normalized spacial score (nSPS) is 12.1. The summed E-state index contributed by atoms with van der Waals surface area (Å²) in [7, 11) is 0. The summed E-state index contributed by atoms with van der Waals surface area (Å²) >= 11 is 0. The highest BCUT2D eigenvalue weighted by Crippen LogP contribution is 2.46. The number of aryl methyl sites for hydroxylation is 1. The molecule has 2 nitrogen and oxygen atoms in total. The lowest BCUT2D eigenvalue weighted by Gasteiger charge is -2.21. The first-order chi connectivity index (χ1) is 18.9. The molecule has 0 aliphatic rings. The van der Waals surface area contributed by atoms with Gasteiger partial charge in [0.25, 0.3) is 0 Å². The van der Waals surface area contributed by atoms with Crippen molar-refractivity contribution in [1.29, 1.82) is 0 Å². The molecule has 0 spiro atoms. The van der Waals surface area contributed by atoms with Crippen LogP contribution in [0.2, 0.25) is 0 Å². The van der Waals surface area contributed by atoms with Crippen LogP contribution in [-0.4, -0.2) is 4.98 Å². The van der Waals surface area contributed by atoms with Crippen LogP contribution >= 0.6 is 0 Å². The van der Waals surface area contributed by atoms with Crippen molar-refractivity contribution < 1.29 is 35.5 Å². The minimum atomic E-state index is -4.78. The molecule has 5 rings (SSSR count). The van der Waals surface area contributed by atoms with Gasteiger partial charge in [-0.1, -0.05) is 54.6 Å². The van der Waals surface area contributed by atoms with Crippen LogP contribution in [0.1, 0.15) is 22.4 Å². The van der Waals surface area contributed by atoms with E-state index in [4.69, 9.17) is 4.74 Å². The first-order valence-corrected chi connectivity index (χ1v) is 12.1. The second kappa shape index (κ2) is 10.3. The molecular formula is C31H20F7NO. The Morgan fingerprint density at radius 3 is 2.17 bits per heavy atom. The van der Waals surface area contributed by atoms with E-state index in [1.54, 1.807) is 55.5 Å². The average Bonchev–Trinajstić information content (AvgIpc) is 2.90. The molecule has 1 aromatic heterocycles. The van der Waals surface area contributed by atoms with Gasteiger partial charge in [0.15, 0.2) is 5.69 Å². The molecule has 9 heteroatoms. The summed E-state index contributed by atoms with van der Waals surface area (Å²) in [5.41, 5.74) is -0.970. The molecule has 4 aromatic carbocycles. The van der Waals surface area contributed by atoms with E-state index in [9.17, 15) is 30.7 Å². The van der Waals surface area contributed by atoms with E-state index in [1.165, 1.54) is 24.3 Å². The number of pyridine rings is 1. The second-order valence-electron chi connectivity index (χ2n) is 9.16. The molecule has 0 atom stereocenters. The number of halogens is 7. The molecule has 0 fully saturated rings. The van der Waals surface area contributed by atoms with Crippen LogP contribution in [0, 0.1) is 12.7 Å². The summed E-state index contributed by atoms with van der Waals surface area (Å²) in [5, 5.41) is 0.454. The van der Waals surface area contributed by atoms with Gasteiger partial charge in [0.1, 0.15) is 18.2 Å². The van der Waals surface area contributed by atoms with E-state index in [2.05, 4.69) is 4.98 Å². The molecule has 0 N–H and O–H groups in total. The summed E-state index contributed by atoms with van der Waals surface area (Å²) in [6.45, 7) is 1.09. The maximum atomic E-state index is 14.4. The lowest BCUT2D eigenvalue weighted by Crippen LogP contribution is -2.12. The van der Waals surface area contributed by atoms with Gasteiger partial charge in [-0.25, -0.2) is 9.37 Å². The quantitative estimate of drug-likeness (QED) is 0.202. The van der Waals surface area contributed by atoms with Crippen LogP contribution in [-0.2, 0) is 19.0 Å². The smallest absolute Gasteiger partial charge is 0.434 e. The fraction of sp³-hybridized carbons (Fsp3) is 0.129. The van der Waals surface area contributed by atoms with E-state index >= 15 is 0 Å². The Balaban J connectivity index is 1.68. The van der Waals surface area contributed by atoms with Crippen LogP contribution in [0.3, 0.4) is 0 Å². The van der Waals surface area contributed by atoms with Gasteiger partial charge in [0, 0.05) is 22.1 Å². The van der Waals surface area contributed by atoms with Gasteiger partial charge < -0.3 is 4.74 Å². The molecule has 204 valence electrons. The lowest BCUT2D eigenvalue weighted by molar-refractivity contribution is -0.140. The molecule has 0 bridgehead atoms. The number of hydrogen-bond acceptors (Lipinski definition) is 2. The van der Waals surface area contributed by atoms with E-state index in [-0.39, 0.29) is 22.4 Å². The van der Waals surface area contributed by atoms with Crippen molar-refractivity contribution in [3.63, 3.8) is 0 Å². The van der Waals surface area contributed by atoms with Crippen LogP contribution in [0.15, 0.2) is 91.0 Å². The lowest BCUT2D eigenvalue weighted by atomic mass is 9.88. The van der Waals surface area contributed by atoms with E-state index in [0.29, 0.717) is 34.2 Å². The van der Waals surface area contributed by atoms with Gasteiger partial charge in [-0.15, -0.1) is 0 Å². The topological polar surface area (TPSA) is 22.1 Å². The number of alkyl halides is 6. The predicted molar refractivity (Wildman–Crippen MR) is 138 cm³/mol. The first kappa shape index (κ1) is 27.2. The SMILES string of the molecule is Cc1ccccc1-c1c(C(F)(F)F)nc2ccccc2c1-c1cccc(OCc2cc(F)ccc2C(F)(F)F)c1. The van der Waals surface area contributed by atoms with Gasteiger partial charge in [0.2, 0.25) is 0 Å². The largest absolute Gasteiger partial charge is 0.489 e. The third-order valence-corrected chi connectivity index (χ3v) is 6.47. The highest BCUT2D eigenvalue weighted by atomic mass is 19.4. The summed E-state index contributed by atoms with van der Waals surface area (Å²) in [6.07, 6.45) is -9.50. The first-order valence-electron chi connectivity index (χ1n) is 12.1. The fourth-order valence-electron chi connectivity index (χ4n) is 4.69. The fourth-order valence-corrected chi connectivity index (χ4v) is 4.69. The molecule has 0 saturated heterocycles. The Morgan fingerprint density at radius 1 is 0.725 bits per heavy atom. The summed E-state index contributed by atoms with van der Waals surface area (Å²) in [4.78, 5) is 3.99. The molecule has 0 saturated carbocycles. The van der Waals surface area contributed by atoms with Crippen LogP contribution in [0.25, 0.3) is 33.2 Å². The van der Waals surface area contributed by atoms with Gasteiger partial charge in [0.05, 0.1) is 11.1 Å². The number of hydrogen-bond donors (Lipinski definition) is 0.